The van der Waals surface area contributed by atoms with Crippen molar-refractivity contribution < 1.29 is 14.0 Å². The van der Waals surface area contributed by atoms with Gasteiger partial charge in [0.15, 0.2) is 0 Å². The van der Waals surface area contributed by atoms with E-state index in [1.807, 2.05) is 0 Å². The Morgan fingerprint density at radius 2 is 2.35 bits per heavy atom. The molecule has 1 aliphatic rings. The van der Waals surface area contributed by atoms with Crippen LogP contribution < -0.4 is 10.6 Å². The predicted octanol–water partition coefficient (Wildman–Crippen LogP) is 0.821. The summed E-state index contributed by atoms with van der Waals surface area (Å²) in [4.78, 5) is 27.8. The summed E-state index contributed by atoms with van der Waals surface area (Å²) in [7, 11) is 0. The zero-order chi connectivity index (χ0) is 12.6. The number of halogens is 2. The van der Waals surface area contributed by atoms with Gasteiger partial charge >= 0.3 is 0 Å². The fourth-order valence-electron chi connectivity index (χ4n) is 1.67. The molecule has 0 bridgehead atoms. The smallest absolute Gasteiger partial charge is 0.229 e. The molecular weight excluding hydrogens is 293 g/mol. The molecule has 0 spiro atoms. The number of hydrogen-bond donors (Lipinski definition) is 1. The van der Waals surface area contributed by atoms with Crippen molar-refractivity contribution in [1.29, 1.82) is 0 Å². The molecule has 2 heterocycles. The number of hydrogen-bond acceptors (Lipinski definition) is 3. The van der Waals surface area contributed by atoms with E-state index in [9.17, 15) is 14.0 Å². The van der Waals surface area contributed by atoms with Gasteiger partial charge in [-0.2, -0.15) is 0 Å². The molecule has 1 saturated heterocycles. The SMILES string of the molecule is NC(=O)C1CC(=O)N(c2cc(F)c(Br)cn2)C1. The molecule has 1 fully saturated rings. The van der Waals surface area contributed by atoms with Gasteiger partial charge in [0.2, 0.25) is 11.8 Å². The van der Waals surface area contributed by atoms with Gasteiger partial charge < -0.3 is 5.73 Å². The maximum Gasteiger partial charge on any atom is 0.229 e. The first-order chi connectivity index (χ1) is 7.99. The van der Waals surface area contributed by atoms with Crippen molar-refractivity contribution in [3.05, 3.63) is 22.6 Å². The Hall–Kier alpha value is -1.50. The fraction of sp³-hybridized carbons (Fsp3) is 0.300. The van der Waals surface area contributed by atoms with Gasteiger partial charge in [0.25, 0.3) is 0 Å². The van der Waals surface area contributed by atoms with Gasteiger partial charge in [0, 0.05) is 25.2 Å². The van der Waals surface area contributed by atoms with Crippen molar-refractivity contribution in [1.82, 2.24) is 4.98 Å². The highest BCUT2D eigenvalue weighted by Gasteiger charge is 2.34. The third-order valence-corrected chi connectivity index (χ3v) is 3.18. The molecule has 0 radical (unpaired) electrons. The highest BCUT2D eigenvalue weighted by molar-refractivity contribution is 9.10. The number of anilines is 1. The van der Waals surface area contributed by atoms with E-state index in [0.29, 0.717) is 0 Å². The highest BCUT2D eigenvalue weighted by Crippen LogP contribution is 2.25. The van der Waals surface area contributed by atoms with Crippen molar-refractivity contribution >= 4 is 33.6 Å². The van der Waals surface area contributed by atoms with Crippen LogP contribution in [0.1, 0.15) is 6.42 Å². The molecule has 1 aromatic heterocycles. The van der Waals surface area contributed by atoms with Gasteiger partial charge in [0.05, 0.1) is 10.4 Å². The van der Waals surface area contributed by atoms with E-state index in [0.717, 1.165) is 6.07 Å². The van der Waals surface area contributed by atoms with E-state index in [1.54, 1.807) is 0 Å². The molecule has 2 rings (SSSR count). The quantitative estimate of drug-likeness (QED) is 0.879. The molecule has 1 unspecified atom stereocenters. The maximum absolute atomic E-state index is 13.3. The van der Waals surface area contributed by atoms with Gasteiger partial charge in [-0.3, -0.25) is 14.5 Å². The normalized spacial score (nSPS) is 19.8. The Kier molecular flexibility index (Phi) is 3.10. The summed E-state index contributed by atoms with van der Waals surface area (Å²) in [6, 6.07) is 1.14. The minimum absolute atomic E-state index is 0.0503. The Balaban J connectivity index is 2.26. The first kappa shape index (κ1) is 12.0. The van der Waals surface area contributed by atoms with Crippen molar-refractivity contribution in [3.63, 3.8) is 0 Å². The van der Waals surface area contributed by atoms with Crippen LogP contribution in [0.4, 0.5) is 10.2 Å². The van der Waals surface area contributed by atoms with E-state index in [-0.39, 0.29) is 29.2 Å². The summed E-state index contributed by atoms with van der Waals surface area (Å²) in [5.74, 6) is -1.65. The van der Waals surface area contributed by atoms with Crippen LogP contribution in [0.5, 0.6) is 0 Å². The molecule has 0 aromatic carbocycles. The second-order valence-corrected chi connectivity index (χ2v) is 4.62. The first-order valence-corrected chi connectivity index (χ1v) is 5.69. The zero-order valence-corrected chi connectivity index (χ0v) is 10.3. The van der Waals surface area contributed by atoms with Gasteiger partial charge in [0.1, 0.15) is 11.6 Å². The number of carbonyl (C=O) groups excluding carboxylic acids is 2. The average molecular weight is 302 g/mol. The Labute approximate surface area is 105 Å². The number of amides is 2. The molecule has 90 valence electrons. The summed E-state index contributed by atoms with van der Waals surface area (Å²) < 4.78 is 13.5. The number of carbonyl (C=O) groups is 2. The molecule has 0 saturated carbocycles. The molecule has 1 atom stereocenters. The lowest BCUT2D eigenvalue weighted by atomic mass is 10.1. The maximum atomic E-state index is 13.3. The van der Waals surface area contributed by atoms with Gasteiger partial charge in [-0.15, -0.1) is 0 Å². The molecule has 17 heavy (non-hydrogen) atoms. The Bertz CT molecular complexity index is 494. The van der Waals surface area contributed by atoms with Crippen molar-refractivity contribution in [2.45, 2.75) is 6.42 Å². The first-order valence-electron chi connectivity index (χ1n) is 4.89. The van der Waals surface area contributed by atoms with Crippen LogP contribution in [-0.4, -0.2) is 23.3 Å². The minimum atomic E-state index is -0.531. The highest BCUT2D eigenvalue weighted by atomic mass is 79.9. The lowest BCUT2D eigenvalue weighted by Gasteiger charge is -2.15. The third kappa shape index (κ3) is 2.28. The lowest BCUT2D eigenvalue weighted by molar-refractivity contribution is -0.123. The van der Waals surface area contributed by atoms with Crippen molar-refractivity contribution in [2.75, 3.05) is 11.4 Å². The largest absolute Gasteiger partial charge is 0.369 e. The van der Waals surface area contributed by atoms with Gasteiger partial charge in [-0.25, -0.2) is 9.37 Å². The van der Waals surface area contributed by atoms with Crippen LogP contribution >= 0.6 is 15.9 Å². The van der Waals surface area contributed by atoms with E-state index in [2.05, 4.69) is 20.9 Å². The second-order valence-electron chi connectivity index (χ2n) is 3.76. The van der Waals surface area contributed by atoms with Gasteiger partial charge in [-0.1, -0.05) is 0 Å². The molecule has 0 aliphatic carbocycles. The van der Waals surface area contributed by atoms with Gasteiger partial charge in [-0.05, 0) is 15.9 Å². The van der Waals surface area contributed by atoms with Crippen LogP contribution in [0, 0.1) is 11.7 Å². The van der Waals surface area contributed by atoms with E-state index >= 15 is 0 Å². The molecule has 2 N–H and O–H groups in total. The number of primary amides is 1. The Morgan fingerprint density at radius 1 is 1.65 bits per heavy atom. The summed E-state index contributed by atoms with van der Waals surface area (Å²) in [5.41, 5.74) is 5.13. The second kappa shape index (κ2) is 4.40. The Morgan fingerprint density at radius 3 is 2.88 bits per heavy atom. The number of pyridine rings is 1. The molecular formula is C10H9BrFN3O2. The van der Waals surface area contributed by atoms with Crippen LogP contribution in [0.15, 0.2) is 16.7 Å². The molecule has 7 heteroatoms. The number of rotatable bonds is 2. The average Bonchev–Trinajstić information content (AvgIpc) is 2.65. The number of nitrogens with two attached hydrogens (primary N) is 1. The third-order valence-electron chi connectivity index (χ3n) is 2.60. The van der Waals surface area contributed by atoms with E-state index < -0.39 is 17.6 Å². The summed E-state index contributed by atoms with van der Waals surface area (Å²) in [6.45, 7) is 0.155. The molecule has 1 aromatic rings. The lowest BCUT2D eigenvalue weighted by Crippen LogP contribution is -2.29. The summed E-state index contributed by atoms with van der Waals surface area (Å²) in [6.07, 6.45) is 1.32. The summed E-state index contributed by atoms with van der Waals surface area (Å²) >= 11 is 2.97. The van der Waals surface area contributed by atoms with Crippen LogP contribution in [0.25, 0.3) is 0 Å². The topological polar surface area (TPSA) is 76.3 Å². The molecule has 2 amide bonds. The molecule has 1 aliphatic heterocycles. The fourth-order valence-corrected chi connectivity index (χ4v) is 1.89. The van der Waals surface area contributed by atoms with E-state index in [1.165, 1.54) is 11.1 Å². The van der Waals surface area contributed by atoms with E-state index in [4.69, 9.17) is 5.73 Å². The number of aromatic nitrogens is 1. The van der Waals surface area contributed by atoms with Crippen LogP contribution in [0.2, 0.25) is 0 Å². The monoisotopic (exact) mass is 301 g/mol. The summed E-state index contributed by atoms with van der Waals surface area (Å²) in [5, 5.41) is 0. The molecule has 5 nitrogen and oxygen atoms in total. The van der Waals surface area contributed by atoms with Crippen LogP contribution in [-0.2, 0) is 9.59 Å². The van der Waals surface area contributed by atoms with Crippen molar-refractivity contribution in [2.24, 2.45) is 11.7 Å². The predicted molar refractivity (Wildman–Crippen MR) is 61.5 cm³/mol. The zero-order valence-electron chi connectivity index (χ0n) is 8.69. The van der Waals surface area contributed by atoms with Crippen LogP contribution in [0.3, 0.4) is 0 Å². The van der Waals surface area contributed by atoms with Crippen molar-refractivity contribution in [3.8, 4) is 0 Å². The minimum Gasteiger partial charge on any atom is -0.369 e. The standard InChI is InChI=1S/C10H9BrFN3O2/c11-6-3-14-8(2-7(6)12)15-4-5(10(13)17)1-9(15)16/h2-3,5H,1,4H2,(H2,13,17). The number of nitrogens with zero attached hydrogens (tertiary/aromatic N) is 2.